The van der Waals surface area contributed by atoms with E-state index in [1.165, 1.54) is 0 Å². The Labute approximate surface area is 191 Å². The number of nitrogens with zero attached hydrogens (tertiary/aromatic N) is 4. The SMILES string of the molecule is CCN1C(=O)C(C#N)=C(C)/C(=C\c2cn(-c3ccccc3)nc2-c2ccc(OC)cc2)C1=O. The molecule has 0 fully saturated rings. The predicted octanol–water partition coefficient (Wildman–Crippen LogP) is 4.16. The van der Waals surface area contributed by atoms with Crippen molar-refractivity contribution in [2.75, 3.05) is 13.7 Å². The van der Waals surface area contributed by atoms with Crippen LogP contribution in [0.15, 0.2) is 77.5 Å². The number of hydrogen-bond donors (Lipinski definition) is 0. The molecule has 0 spiro atoms. The van der Waals surface area contributed by atoms with Gasteiger partial charge in [-0.25, -0.2) is 4.68 Å². The lowest BCUT2D eigenvalue weighted by Crippen LogP contribution is -2.42. The third-order valence-electron chi connectivity index (χ3n) is 5.57. The van der Waals surface area contributed by atoms with E-state index in [-0.39, 0.29) is 12.1 Å². The fraction of sp³-hybridized carbons (Fsp3) is 0.154. The second-order valence-electron chi connectivity index (χ2n) is 7.47. The summed E-state index contributed by atoms with van der Waals surface area (Å²) in [4.78, 5) is 26.7. The van der Waals surface area contributed by atoms with E-state index >= 15 is 0 Å². The lowest BCUT2D eigenvalue weighted by molar-refractivity contribution is -0.140. The van der Waals surface area contributed by atoms with Gasteiger partial charge in [0.1, 0.15) is 17.4 Å². The van der Waals surface area contributed by atoms with Crippen molar-refractivity contribution in [1.82, 2.24) is 14.7 Å². The van der Waals surface area contributed by atoms with E-state index in [0.29, 0.717) is 22.4 Å². The first-order chi connectivity index (χ1) is 16.0. The highest BCUT2D eigenvalue weighted by Crippen LogP contribution is 2.31. The molecule has 7 heteroatoms. The van der Waals surface area contributed by atoms with Gasteiger partial charge in [-0.2, -0.15) is 10.4 Å². The van der Waals surface area contributed by atoms with Gasteiger partial charge in [0.15, 0.2) is 0 Å². The average Bonchev–Trinajstić information content (AvgIpc) is 3.27. The molecule has 2 heterocycles. The van der Waals surface area contributed by atoms with E-state index in [1.807, 2.05) is 66.9 Å². The topological polar surface area (TPSA) is 88.2 Å². The molecule has 0 aliphatic carbocycles. The molecule has 0 saturated heterocycles. The zero-order valence-corrected chi connectivity index (χ0v) is 18.6. The number of carbonyl (C=O) groups is 2. The molecule has 1 aromatic heterocycles. The number of methoxy groups -OCH3 is 1. The normalized spacial score (nSPS) is 15.2. The monoisotopic (exact) mass is 438 g/mol. The summed E-state index contributed by atoms with van der Waals surface area (Å²) in [6.07, 6.45) is 3.54. The molecular formula is C26H22N4O3. The highest BCUT2D eigenvalue weighted by atomic mass is 16.5. The maximum atomic E-state index is 13.1. The van der Waals surface area contributed by atoms with E-state index in [0.717, 1.165) is 21.9 Å². The molecular weight excluding hydrogens is 416 g/mol. The molecule has 2 aromatic carbocycles. The molecule has 0 atom stereocenters. The average molecular weight is 438 g/mol. The third kappa shape index (κ3) is 3.94. The van der Waals surface area contributed by atoms with Gasteiger partial charge in [-0.15, -0.1) is 0 Å². The number of rotatable bonds is 5. The lowest BCUT2D eigenvalue weighted by atomic mass is 9.93. The molecule has 164 valence electrons. The molecule has 3 aromatic rings. The van der Waals surface area contributed by atoms with Crippen LogP contribution in [0.1, 0.15) is 19.4 Å². The minimum Gasteiger partial charge on any atom is -0.497 e. The summed E-state index contributed by atoms with van der Waals surface area (Å²) in [6.45, 7) is 3.52. The molecule has 1 aliphatic heterocycles. The smallest absolute Gasteiger partial charge is 0.271 e. The van der Waals surface area contributed by atoms with Gasteiger partial charge in [0.05, 0.1) is 18.5 Å². The highest BCUT2D eigenvalue weighted by Gasteiger charge is 2.34. The van der Waals surface area contributed by atoms with Crippen molar-refractivity contribution < 1.29 is 14.3 Å². The Hall–Kier alpha value is -4.44. The van der Waals surface area contributed by atoms with Gasteiger partial charge in [-0.1, -0.05) is 18.2 Å². The van der Waals surface area contributed by atoms with Gasteiger partial charge in [0.25, 0.3) is 11.8 Å². The fourth-order valence-electron chi connectivity index (χ4n) is 3.75. The molecule has 7 nitrogen and oxygen atoms in total. The zero-order chi connectivity index (χ0) is 23.5. The second kappa shape index (κ2) is 8.97. The van der Waals surface area contributed by atoms with Crippen LogP contribution in [-0.4, -0.2) is 40.1 Å². The highest BCUT2D eigenvalue weighted by molar-refractivity contribution is 6.19. The molecule has 4 rings (SSSR count). The molecule has 0 unspecified atom stereocenters. The zero-order valence-electron chi connectivity index (χ0n) is 18.6. The fourth-order valence-corrected chi connectivity index (χ4v) is 3.75. The van der Waals surface area contributed by atoms with E-state index in [1.54, 1.807) is 31.7 Å². The van der Waals surface area contributed by atoms with Crippen LogP contribution in [0.25, 0.3) is 23.0 Å². The number of amides is 2. The molecule has 0 bridgehead atoms. The Kier molecular flexibility index (Phi) is 5.92. The Morgan fingerprint density at radius 3 is 2.36 bits per heavy atom. The number of imide groups is 1. The Morgan fingerprint density at radius 1 is 1.06 bits per heavy atom. The largest absolute Gasteiger partial charge is 0.497 e. The summed E-state index contributed by atoms with van der Waals surface area (Å²) in [7, 11) is 1.60. The van der Waals surface area contributed by atoms with Gasteiger partial charge >= 0.3 is 0 Å². The number of carbonyl (C=O) groups excluding carboxylic acids is 2. The van der Waals surface area contributed by atoms with Crippen LogP contribution < -0.4 is 4.74 Å². The number of para-hydroxylation sites is 1. The summed E-state index contributed by atoms with van der Waals surface area (Å²) in [5.41, 5.74) is 3.70. The van der Waals surface area contributed by atoms with Crippen molar-refractivity contribution in [1.29, 1.82) is 5.26 Å². The van der Waals surface area contributed by atoms with Crippen molar-refractivity contribution in [3.8, 4) is 28.8 Å². The van der Waals surface area contributed by atoms with Crippen LogP contribution in [-0.2, 0) is 9.59 Å². The van der Waals surface area contributed by atoms with Crippen LogP contribution in [0.2, 0.25) is 0 Å². The number of aromatic nitrogens is 2. The third-order valence-corrected chi connectivity index (χ3v) is 5.57. The summed E-state index contributed by atoms with van der Waals surface area (Å²) in [5.74, 6) is -0.264. The molecule has 1 aliphatic rings. The van der Waals surface area contributed by atoms with Crippen LogP contribution in [0.5, 0.6) is 5.75 Å². The lowest BCUT2D eigenvalue weighted by Gasteiger charge is -2.26. The van der Waals surface area contributed by atoms with Crippen molar-refractivity contribution in [2.45, 2.75) is 13.8 Å². The first-order valence-electron chi connectivity index (χ1n) is 10.5. The summed E-state index contributed by atoms with van der Waals surface area (Å²) >= 11 is 0. The van der Waals surface area contributed by atoms with Crippen LogP contribution in [0.4, 0.5) is 0 Å². The van der Waals surface area contributed by atoms with Crippen LogP contribution >= 0.6 is 0 Å². The van der Waals surface area contributed by atoms with Gasteiger partial charge in [0, 0.05) is 29.4 Å². The quantitative estimate of drug-likeness (QED) is 0.441. The van der Waals surface area contributed by atoms with Crippen LogP contribution in [0, 0.1) is 11.3 Å². The van der Waals surface area contributed by atoms with Gasteiger partial charge < -0.3 is 4.74 Å². The predicted molar refractivity (Wildman–Crippen MR) is 124 cm³/mol. The number of likely N-dealkylation sites (N-methyl/N-ethyl adjacent to an activating group) is 1. The molecule has 2 amide bonds. The number of benzene rings is 2. The molecule has 33 heavy (non-hydrogen) atoms. The molecule has 0 N–H and O–H groups in total. The van der Waals surface area contributed by atoms with E-state index in [9.17, 15) is 14.9 Å². The van der Waals surface area contributed by atoms with E-state index < -0.39 is 11.8 Å². The minimum absolute atomic E-state index is 0.0239. The maximum Gasteiger partial charge on any atom is 0.271 e. The standard InChI is InChI=1S/C26H22N4O3/c1-4-29-25(31)22(17(2)23(15-27)26(29)32)14-19-16-30(20-8-6-5-7-9-20)28-24(19)18-10-12-21(33-3)13-11-18/h5-14,16H,4H2,1-3H3/b22-14+. The number of nitriles is 1. The summed E-state index contributed by atoms with van der Waals surface area (Å²) in [5, 5.41) is 14.3. The van der Waals surface area contributed by atoms with E-state index in [2.05, 4.69) is 0 Å². The Morgan fingerprint density at radius 2 is 1.76 bits per heavy atom. The molecule has 0 radical (unpaired) electrons. The number of hydrogen-bond acceptors (Lipinski definition) is 5. The van der Waals surface area contributed by atoms with Gasteiger partial charge in [0.2, 0.25) is 0 Å². The maximum absolute atomic E-state index is 13.1. The van der Waals surface area contributed by atoms with Gasteiger partial charge in [-0.05, 0) is 61.9 Å². The minimum atomic E-state index is -0.560. The van der Waals surface area contributed by atoms with E-state index in [4.69, 9.17) is 9.84 Å². The van der Waals surface area contributed by atoms with Crippen molar-refractivity contribution in [2.24, 2.45) is 0 Å². The summed E-state index contributed by atoms with van der Waals surface area (Å²) in [6, 6.07) is 19.1. The van der Waals surface area contributed by atoms with Gasteiger partial charge in [-0.3, -0.25) is 14.5 Å². The van der Waals surface area contributed by atoms with Crippen molar-refractivity contribution >= 4 is 17.9 Å². The Balaban J connectivity index is 1.92. The first-order valence-corrected chi connectivity index (χ1v) is 10.5. The Bertz CT molecular complexity index is 1330. The number of ether oxygens (including phenoxy) is 1. The van der Waals surface area contributed by atoms with Crippen LogP contribution in [0.3, 0.4) is 0 Å². The molecule has 0 saturated carbocycles. The summed E-state index contributed by atoms with van der Waals surface area (Å²) < 4.78 is 7.00. The van der Waals surface area contributed by atoms with Crippen molar-refractivity contribution in [3.63, 3.8) is 0 Å². The first kappa shape index (κ1) is 21.8. The van der Waals surface area contributed by atoms with Crippen molar-refractivity contribution in [3.05, 3.63) is 83.1 Å². The second-order valence-corrected chi connectivity index (χ2v) is 7.47.